The van der Waals surface area contributed by atoms with Crippen molar-refractivity contribution in [2.45, 2.75) is 6.92 Å². The number of carbonyl (C=O) groups excluding carboxylic acids is 2. The van der Waals surface area contributed by atoms with Gasteiger partial charge in [0.1, 0.15) is 10.7 Å². The lowest BCUT2D eigenvalue weighted by Gasteiger charge is -2.03. The van der Waals surface area contributed by atoms with Crippen molar-refractivity contribution in [2.24, 2.45) is 0 Å². The minimum Gasteiger partial charge on any atom is -0.464 e. The standard InChI is InChI=1S/C11H10ClN3O4/c1-3-19-10(16)6-5-13-15-8(12)4-7(11(17)18-2)14-9(6)15/h4-5H,3H2,1-2H3. The first-order valence-electron chi connectivity index (χ1n) is 5.38. The lowest BCUT2D eigenvalue weighted by molar-refractivity contribution is 0.0526. The molecule has 2 rings (SSSR count). The molecule has 0 N–H and O–H groups in total. The Kier molecular flexibility index (Phi) is 3.66. The Labute approximate surface area is 113 Å². The molecule has 7 nitrogen and oxygen atoms in total. The van der Waals surface area contributed by atoms with Crippen LogP contribution < -0.4 is 0 Å². The highest BCUT2D eigenvalue weighted by molar-refractivity contribution is 6.30. The molecule has 8 heteroatoms. The van der Waals surface area contributed by atoms with Crippen LogP contribution in [-0.2, 0) is 9.47 Å². The van der Waals surface area contributed by atoms with Gasteiger partial charge in [-0.3, -0.25) is 0 Å². The van der Waals surface area contributed by atoms with Gasteiger partial charge in [0.05, 0.1) is 19.9 Å². The van der Waals surface area contributed by atoms with Crippen LogP contribution in [0.15, 0.2) is 12.3 Å². The quantitative estimate of drug-likeness (QED) is 0.624. The van der Waals surface area contributed by atoms with E-state index in [1.54, 1.807) is 6.92 Å². The molecule has 0 unspecified atom stereocenters. The smallest absolute Gasteiger partial charge is 0.356 e. The van der Waals surface area contributed by atoms with Crippen LogP contribution >= 0.6 is 11.6 Å². The van der Waals surface area contributed by atoms with Gasteiger partial charge in [-0.15, -0.1) is 0 Å². The summed E-state index contributed by atoms with van der Waals surface area (Å²) in [5.41, 5.74) is 0.270. The van der Waals surface area contributed by atoms with Crippen LogP contribution in [0.5, 0.6) is 0 Å². The summed E-state index contributed by atoms with van der Waals surface area (Å²) in [6.07, 6.45) is 1.28. The SMILES string of the molecule is CCOC(=O)c1cnn2c(Cl)cc(C(=O)OC)nc12. The molecule has 0 amide bonds. The van der Waals surface area contributed by atoms with Gasteiger partial charge in [0.25, 0.3) is 0 Å². The van der Waals surface area contributed by atoms with E-state index < -0.39 is 11.9 Å². The molecular formula is C11H10ClN3O4. The van der Waals surface area contributed by atoms with Crippen LogP contribution in [0, 0.1) is 0 Å². The maximum absolute atomic E-state index is 11.7. The summed E-state index contributed by atoms with van der Waals surface area (Å²) in [6, 6.07) is 1.31. The lowest BCUT2D eigenvalue weighted by Crippen LogP contribution is -2.09. The number of ether oxygens (including phenoxy) is 2. The molecule has 0 saturated carbocycles. The molecule has 0 aliphatic rings. The van der Waals surface area contributed by atoms with Crippen LogP contribution in [-0.4, -0.2) is 40.3 Å². The molecule has 100 valence electrons. The minimum atomic E-state index is -0.652. The third-order valence-electron chi connectivity index (χ3n) is 2.32. The van der Waals surface area contributed by atoms with Crippen molar-refractivity contribution in [3.05, 3.63) is 28.7 Å². The van der Waals surface area contributed by atoms with Crippen molar-refractivity contribution >= 4 is 29.2 Å². The molecular weight excluding hydrogens is 274 g/mol. The Morgan fingerprint density at radius 3 is 2.79 bits per heavy atom. The number of methoxy groups -OCH3 is 1. The van der Waals surface area contributed by atoms with Crippen molar-refractivity contribution in [1.29, 1.82) is 0 Å². The maximum Gasteiger partial charge on any atom is 0.356 e. The van der Waals surface area contributed by atoms with E-state index in [4.69, 9.17) is 16.3 Å². The van der Waals surface area contributed by atoms with E-state index in [1.807, 2.05) is 0 Å². The maximum atomic E-state index is 11.7. The molecule has 0 atom stereocenters. The fraction of sp³-hybridized carbons (Fsp3) is 0.273. The second-order valence-corrected chi connectivity index (χ2v) is 3.86. The molecule has 0 fully saturated rings. The number of esters is 2. The predicted octanol–water partition coefficient (Wildman–Crippen LogP) is 1.35. The van der Waals surface area contributed by atoms with Crippen molar-refractivity contribution in [1.82, 2.24) is 14.6 Å². The molecule has 0 aromatic carbocycles. The van der Waals surface area contributed by atoms with Crippen LogP contribution in [0.2, 0.25) is 5.15 Å². The molecule has 0 aliphatic heterocycles. The number of nitrogens with zero attached hydrogens (tertiary/aromatic N) is 3. The Morgan fingerprint density at radius 1 is 1.42 bits per heavy atom. The summed E-state index contributed by atoms with van der Waals surface area (Å²) >= 11 is 5.96. The molecule has 0 radical (unpaired) electrons. The molecule has 2 aromatic rings. The van der Waals surface area contributed by atoms with Gasteiger partial charge < -0.3 is 9.47 Å². The Morgan fingerprint density at radius 2 is 2.16 bits per heavy atom. The monoisotopic (exact) mass is 283 g/mol. The lowest BCUT2D eigenvalue weighted by atomic mass is 10.3. The molecule has 0 aliphatic carbocycles. The van der Waals surface area contributed by atoms with E-state index in [1.165, 1.54) is 23.9 Å². The van der Waals surface area contributed by atoms with E-state index in [0.717, 1.165) is 0 Å². The van der Waals surface area contributed by atoms with Gasteiger partial charge >= 0.3 is 11.9 Å². The van der Waals surface area contributed by atoms with Gasteiger partial charge in [0.15, 0.2) is 11.3 Å². The fourth-order valence-corrected chi connectivity index (χ4v) is 1.72. The third kappa shape index (κ3) is 2.37. The van der Waals surface area contributed by atoms with Crippen molar-refractivity contribution in [3.8, 4) is 0 Å². The molecule has 0 bridgehead atoms. The predicted molar refractivity (Wildman–Crippen MR) is 65.3 cm³/mol. The van der Waals surface area contributed by atoms with E-state index in [2.05, 4.69) is 14.8 Å². The van der Waals surface area contributed by atoms with Crippen LogP contribution in [0.1, 0.15) is 27.8 Å². The normalized spacial score (nSPS) is 10.5. The Hall–Kier alpha value is -2.15. The van der Waals surface area contributed by atoms with E-state index in [0.29, 0.717) is 0 Å². The highest BCUT2D eigenvalue weighted by Gasteiger charge is 2.19. The second kappa shape index (κ2) is 5.23. The average molecular weight is 284 g/mol. The molecule has 2 aromatic heterocycles. The van der Waals surface area contributed by atoms with Crippen LogP contribution in [0.25, 0.3) is 5.65 Å². The minimum absolute atomic E-state index is 0.00829. The number of hydrogen-bond donors (Lipinski definition) is 0. The van der Waals surface area contributed by atoms with Gasteiger partial charge in [-0.2, -0.15) is 5.10 Å². The molecule has 0 spiro atoms. The fourth-order valence-electron chi connectivity index (χ4n) is 1.49. The van der Waals surface area contributed by atoms with Gasteiger partial charge in [-0.25, -0.2) is 19.1 Å². The summed E-state index contributed by atoms with van der Waals surface area (Å²) in [7, 11) is 1.23. The third-order valence-corrected chi connectivity index (χ3v) is 2.59. The van der Waals surface area contributed by atoms with Crippen LogP contribution in [0.4, 0.5) is 0 Å². The highest BCUT2D eigenvalue weighted by atomic mass is 35.5. The van der Waals surface area contributed by atoms with Gasteiger partial charge in [0, 0.05) is 6.07 Å². The average Bonchev–Trinajstić information content (AvgIpc) is 2.82. The number of rotatable bonds is 3. The number of fused-ring (bicyclic) bond motifs is 1. The van der Waals surface area contributed by atoms with E-state index in [-0.39, 0.29) is 28.7 Å². The molecule has 0 saturated heterocycles. The molecule has 2 heterocycles. The van der Waals surface area contributed by atoms with Crippen molar-refractivity contribution in [2.75, 3.05) is 13.7 Å². The zero-order valence-corrected chi connectivity index (χ0v) is 11.0. The first-order chi connectivity index (χ1) is 9.08. The largest absolute Gasteiger partial charge is 0.464 e. The Balaban J connectivity index is 2.59. The highest BCUT2D eigenvalue weighted by Crippen LogP contribution is 2.17. The summed E-state index contributed by atoms with van der Waals surface area (Å²) in [5, 5.41) is 4.06. The first-order valence-corrected chi connectivity index (χ1v) is 5.76. The molecule has 19 heavy (non-hydrogen) atoms. The van der Waals surface area contributed by atoms with Crippen molar-refractivity contribution < 1.29 is 19.1 Å². The van der Waals surface area contributed by atoms with Gasteiger partial charge in [-0.1, -0.05) is 11.6 Å². The van der Waals surface area contributed by atoms with E-state index in [9.17, 15) is 9.59 Å². The number of aromatic nitrogens is 3. The number of hydrogen-bond acceptors (Lipinski definition) is 6. The first kappa shape index (κ1) is 13.3. The second-order valence-electron chi connectivity index (χ2n) is 3.47. The van der Waals surface area contributed by atoms with Gasteiger partial charge in [-0.05, 0) is 6.92 Å². The Bertz CT molecular complexity index is 653. The van der Waals surface area contributed by atoms with Crippen molar-refractivity contribution in [3.63, 3.8) is 0 Å². The zero-order valence-electron chi connectivity index (χ0n) is 10.2. The number of halogens is 1. The van der Waals surface area contributed by atoms with E-state index >= 15 is 0 Å². The summed E-state index contributed by atoms with van der Waals surface area (Å²) < 4.78 is 10.7. The summed E-state index contributed by atoms with van der Waals surface area (Å²) in [6.45, 7) is 1.91. The summed E-state index contributed by atoms with van der Waals surface area (Å²) in [4.78, 5) is 27.2. The summed E-state index contributed by atoms with van der Waals surface area (Å²) in [5.74, 6) is -1.23. The zero-order chi connectivity index (χ0) is 14.0. The topological polar surface area (TPSA) is 82.8 Å². The van der Waals surface area contributed by atoms with Crippen LogP contribution in [0.3, 0.4) is 0 Å². The number of carbonyl (C=O) groups is 2. The van der Waals surface area contributed by atoms with Gasteiger partial charge in [0.2, 0.25) is 0 Å².